The molecule has 140 valence electrons. The fourth-order valence-electron chi connectivity index (χ4n) is 3.33. The van der Waals surface area contributed by atoms with Crippen LogP contribution in [-0.4, -0.2) is 23.3 Å². The van der Waals surface area contributed by atoms with Crippen molar-refractivity contribution < 1.29 is 14.0 Å². The second-order valence-electron chi connectivity index (χ2n) is 6.64. The molecule has 0 spiro atoms. The number of halogens is 1. The van der Waals surface area contributed by atoms with Crippen molar-refractivity contribution in [3.05, 3.63) is 89.5 Å². The molecule has 0 saturated carbocycles. The number of fused-ring (bicyclic) bond motifs is 1. The van der Waals surface area contributed by atoms with Gasteiger partial charge in [0.1, 0.15) is 5.82 Å². The van der Waals surface area contributed by atoms with E-state index in [1.165, 1.54) is 12.1 Å². The van der Waals surface area contributed by atoms with Gasteiger partial charge in [-0.15, -0.1) is 0 Å². The first-order valence-corrected chi connectivity index (χ1v) is 8.99. The third-order valence-corrected chi connectivity index (χ3v) is 4.69. The monoisotopic (exact) mass is 375 g/mol. The highest BCUT2D eigenvalue weighted by molar-refractivity contribution is 6.07. The van der Waals surface area contributed by atoms with Gasteiger partial charge in [0.25, 0.3) is 5.91 Å². The van der Waals surface area contributed by atoms with E-state index in [2.05, 4.69) is 10.3 Å². The van der Waals surface area contributed by atoms with Crippen LogP contribution in [0.5, 0.6) is 0 Å². The van der Waals surface area contributed by atoms with Gasteiger partial charge >= 0.3 is 0 Å². The minimum Gasteiger partial charge on any atom is -0.326 e. The highest BCUT2D eigenvalue weighted by Crippen LogP contribution is 2.31. The van der Waals surface area contributed by atoms with Gasteiger partial charge in [0.05, 0.1) is 12.0 Å². The lowest BCUT2D eigenvalue weighted by molar-refractivity contribution is -0.115. The molecule has 3 aromatic rings. The van der Waals surface area contributed by atoms with Gasteiger partial charge in [0.2, 0.25) is 5.91 Å². The van der Waals surface area contributed by atoms with Crippen molar-refractivity contribution in [2.75, 3.05) is 16.8 Å². The lowest BCUT2D eigenvalue weighted by Gasteiger charge is -2.17. The number of pyridine rings is 1. The van der Waals surface area contributed by atoms with Crippen LogP contribution in [0, 0.1) is 5.82 Å². The van der Waals surface area contributed by atoms with Crippen molar-refractivity contribution in [1.29, 1.82) is 0 Å². The Morgan fingerprint density at radius 1 is 1.11 bits per heavy atom. The molecule has 0 aliphatic carbocycles. The molecule has 0 unspecified atom stereocenters. The predicted octanol–water partition coefficient (Wildman–Crippen LogP) is 3.60. The first-order valence-electron chi connectivity index (χ1n) is 8.99. The molecule has 2 heterocycles. The maximum absolute atomic E-state index is 13.0. The van der Waals surface area contributed by atoms with E-state index in [4.69, 9.17) is 0 Å². The minimum absolute atomic E-state index is 0.0834. The van der Waals surface area contributed by atoms with Crippen LogP contribution in [0.2, 0.25) is 0 Å². The number of hydrogen-bond donors (Lipinski definition) is 1. The Bertz CT molecular complexity index is 1020. The number of amides is 2. The summed E-state index contributed by atoms with van der Waals surface area (Å²) >= 11 is 0. The summed E-state index contributed by atoms with van der Waals surface area (Å²) in [5.41, 5.74) is 3.84. The van der Waals surface area contributed by atoms with Gasteiger partial charge in [-0.1, -0.05) is 12.1 Å². The molecule has 1 aromatic heterocycles. The van der Waals surface area contributed by atoms with Gasteiger partial charge in [0.15, 0.2) is 0 Å². The zero-order valence-electron chi connectivity index (χ0n) is 15.1. The highest BCUT2D eigenvalue weighted by atomic mass is 19.1. The summed E-state index contributed by atoms with van der Waals surface area (Å²) in [6.07, 6.45) is 4.09. The minimum atomic E-state index is -0.326. The zero-order chi connectivity index (χ0) is 19.5. The van der Waals surface area contributed by atoms with Crippen LogP contribution < -0.4 is 10.2 Å². The largest absolute Gasteiger partial charge is 0.326 e. The Morgan fingerprint density at radius 2 is 1.93 bits per heavy atom. The summed E-state index contributed by atoms with van der Waals surface area (Å²) in [4.78, 5) is 30.7. The number of nitrogens with one attached hydrogen (secondary N) is 1. The molecule has 0 atom stereocenters. The first kappa shape index (κ1) is 17.9. The van der Waals surface area contributed by atoms with Crippen LogP contribution in [-0.2, 0) is 17.6 Å². The molecule has 5 nitrogen and oxygen atoms in total. The molecule has 0 radical (unpaired) electrons. The van der Waals surface area contributed by atoms with Crippen LogP contribution in [0.3, 0.4) is 0 Å². The summed E-state index contributed by atoms with van der Waals surface area (Å²) in [5, 5.41) is 2.86. The quantitative estimate of drug-likeness (QED) is 0.758. The van der Waals surface area contributed by atoms with Crippen molar-refractivity contribution in [2.24, 2.45) is 0 Å². The van der Waals surface area contributed by atoms with E-state index in [-0.39, 0.29) is 24.1 Å². The van der Waals surface area contributed by atoms with E-state index in [1.807, 2.05) is 12.1 Å². The molecule has 2 aromatic carbocycles. The van der Waals surface area contributed by atoms with Crippen LogP contribution >= 0.6 is 0 Å². The number of aromatic nitrogens is 1. The molecule has 28 heavy (non-hydrogen) atoms. The molecule has 1 aliphatic heterocycles. The second kappa shape index (κ2) is 7.60. The van der Waals surface area contributed by atoms with Crippen LogP contribution in [0.4, 0.5) is 15.8 Å². The number of carbonyl (C=O) groups is 2. The summed E-state index contributed by atoms with van der Waals surface area (Å²) in [5.74, 6) is -0.582. The highest BCUT2D eigenvalue weighted by Gasteiger charge is 2.26. The number of benzene rings is 2. The molecule has 2 amide bonds. The second-order valence-corrected chi connectivity index (χ2v) is 6.64. The van der Waals surface area contributed by atoms with Crippen molar-refractivity contribution in [1.82, 2.24) is 4.98 Å². The fourth-order valence-corrected chi connectivity index (χ4v) is 3.33. The number of hydrogen-bond acceptors (Lipinski definition) is 3. The Balaban J connectivity index is 1.45. The molecule has 0 fully saturated rings. The van der Waals surface area contributed by atoms with E-state index >= 15 is 0 Å². The number of rotatable bonds is 4. The molecule has 1 N–H and O–H groups in total. The predicted molar refractivity (Wildman–Crippen MR) is 105 cm³/mol. The van der Waals surface area contributed by atoms with Crippen molar-refractivity contribution in [3.63, 3.8) is 0 Å². The Labute approximate surface area is 161 Å². The van der Waals surface area contributed by atoms with Gasteiger partial charge in [-0.25, -0.2) is 4.39 Å². The van der Waals surface area contributed by atoms with Crippen LogP contribution in [0.25, 0.3) is 0 Å². The van der Waals surface area contributed by atoms with Crippen molar-refractivity contribution in [3.8, 4) is 0 Å². The molecule has 6 heteroatoms. The summed E-state index contributed by atoms with van der Waals surface area (Å²) in [6.45, 7) is 0.593. The SMILES string of the molecule is O=C(Cc1ccc(F)cc1)Nc1ccc2c(c1)CCN2C(=O)c1cccnc1. The number of anilines is 2. The maximum atomic E-state index is 13.0. The molecule has 4 rings (SSSR count). The Hall–Kier alpha value is -3.54. The normalized spacial score (nSPS) is 12.5. The number of nitrogens with zero attached hydrogens (tertiary/aromatic N) is 2. The summed E-state index contributed by atoms with van der Waals surface area (Å²) < 4.78 is 13.0. The molecule has 1 aliphatic rings. The maximum Gasteiger partial charge on any atom is 0.259 e. The Kier molecular flexibility index (Phi) is 4.85. The first-order chi connectivity index (χ1) is 13.6. The van der Waals surface area contributed by atoms with Crippen molar-refractivity contribution >= 4 is 23.2 Å². The van der Waals surface area contributed by atoms with E-state index < -0.39 is 0 Å². The average molecular weight is 375 g/mol. The summed E-state index contributed by atoms with van der Waals surface area (Å²) in [6, 6.07) is 14.9. The van der Waals surface area contributed by atoms with Gasteiger partial charge in [0, 0.05) is 30.3 Å². The lowest BCUT2D eigenvalue weighted by atomic mass is 10.1. The topological polar surface area (TPSA) is 62.3 Å². The number of carbonyl (C=O) groups excluding carboxylic acids is 2. The van der Waals surface area contributed by atoms with E-state index in [0.717, 1.165) is 23.2 Å². The van der Waals surface area contributed by atoms with Crippen LogP contribution in [0.15, 0.2) is 67.0 Å². The molecular weight excluding hydrogens is 357 g/mol. The fraction of sp³-hybridized carbons (Fsp3) is 0.136. The summed E-state index contributed by atoms with van der Waals surface area (Å²) in [7, 11) is 0. The zero-order valence-corrected chi connectivity index (χ0v) is 15.1. The van der Waals surface area contributed by atoms with E-state index in [0.29, 0.717) is 17.8 Å². The molecule has 0 bridgehead atoms. The Morgan fingerprint density at radius 3 is 2.68 bits per heavy atom. The van der Waals surface area contributed by atoms with Crippen molar-refractivity contribution in [2.45, 2.75) is 12.8 Å². The molecule has 0 saturated heterocycles. The van der Waals surface area contributed by atoms with E-state index in [9.17, 15) is 14.0 Å². The third-order valence-electron chi connectivity index (χ3n) is 4.69. The van der Waals surface area contributed by atoms with Gasteiger partial charge in [-0.3, -0.25) is 14.6 Å². The van der Waals surface area contributed by atoms with Gasteiger partial charge in [-0.05, 0) is 60.0 Å². The van der Waals surface area contributed by atoms with E-state index in [1.54, 1.807) is 47.6 Å². The molecular formula is C22H18FN3O2. The average Bonchev–Trinajstić information content (AvgIpc) is 3.13. The smallest absolute Gasteiger partial charge is 0.259 e. The van der Waals surface area contributed by atoms with Gasteiger partial charge < -0.3 is 10.2 Å². The van der Waals surface area contributed by atoms with Crippen LogP contribution in [0.1, 0.15) is 21.5 Å². The standard InChI is InChI=1S/C22H18FN3O2/c23-18-5-3-15(4-6-18)12-21(27)25-19-7-8-20-16(13-19)9-11-26(20)22(28)17-2-1-10-24-14-17/h1-8,10,13-14H,9,11-12H2,(H,25,27). The third kappa shape index (κ3) is 3.76. The van der Waals surface area contributed by atoms with Gasteiger partial charge in [-0.2, -0.15) is 0 Å². The lowest BCUT2D eigenvalue weighted by Crippen LogP contribution is -2.28.